The predicted octanol–water partition coefficient (Wildman–Crippen LogP) is 1.18. The summed E-state index contributed by atoms with van der Waals surface area (Å²) in [6, 6.07) is 0. The maximum Gasteiger partial charge on any atom is 0.328 e. The number of allylic oxidation sites excluding steroid dienone is 2. The van der Waals surface area contributed by atoms with Gasteiger partial charge in [0, 0.05) is 5.92 Å². The summed E-state index contributed by atoms with van der Waals surface area (Å²) in [7, 11) is 0. The smallest absolute Gasteiger partial charge is 0.328 e. The van der Waals surface area contributed by atoms with Crippen LogP contribution in [0.2, 0.25) is 0 Å². The van der Waals surface area contributed by atoms with Gasteiger partial charge in [0.15, 0.2) is 0 Å². The van der Waals surface area contributed by atoms with E-state index in [1.807, 2.05) is 0 Å². The topological polar surface area (TPSA) is 66.4 Å². The van der Waals surface area contributed by atoms with Gasteiger partial charge in [-0.1, -0.05) is 12.2 Å². The van der Waals surface area contributed by atoms with Crippen LogP contribution in [0.4, 0.5) is 0 Å². The van der Waals surface area contributed by atoms with Crippen LogP contribution < -0.4 is 5.32 Å². The molecule has 3 unspecified atom stereocenters. The molecule has 4 nitrogen and oxygen atoms in total. The minimum absolute atomic E-state index is 0.0337. The number of rotatable bonds is 3. The minimum Gasteiger partial charge on any atom is -0.480 e. The van der Waals surface area contributed by atoms with Gasteiger partial charge in [-0.15, -0.1) is 0 Å². The fourth-order valence-electron chi connectivity index (χ4n) is 2.54. The monoisotopic (exact) mass is 223 g/mol. The van der Waals surface area contributed by atoms with Crippen molar-refractivity contribution < 1.29 is 14.7 Å². The fourth-order valence-corrected chi connectivity index (χ4v) is 2.54. The summed E-state index contributed by atoms with van der Waals surface area (Å²) in [5.41, 5.74) is -1.18. The van der Waals surface area contributed by atoms with E-state index in [4.69, 9.17) is 5.11 Å². The predicted molar refractivity (Wildman–Crippen MR) is 58.7 cm³/mol. The normalized spacial score (nSPS) is 31.8. The van der Waals surface area contributed by atoms with Crippen LogP contribution in [-0.4, -0.2) is 22.5 Å². The fraction of sp³-hybridized carbons (Fsp3) is 0.667. The summed E-state index contributed by atoms with van der Waals surface area (Å²) in [4.78, 5) is 22.8. The molecular formula is C12H17NO3. The molecule has 1 saturated carbocycles. The number of amides is 1. The van der Waals surface area contributed by atoms with E-state index in [9.17, 15) is 9.59 Å². The Bertz CT molecular complexity index is 359. The van der Waals surface area contributed by atoms with Crippen molar-refractivity contribution in [3.63, 3.8) is 0 Å². The molecule has 1 amide bonds. The van der Waals surface area contributed by atoms with Gasteiger partial charge in [0.2, 0.25) is 5.91 Å². The first-order chi connectivity index (χ1) is 7.40. The lowest BCUT2D eigenvalue weighted by Crippen LogP contribution is -2.52. The van der Waals surface area contributed by atoms with Crippen LogP contribution in [0.15, 0.2) is 12.2 Å². The molecule has 2 aliphatic carbocycles. The summed E-state index contributed by atoms with van der Waals surface area (Å²) in [6.45, 7) is 3.02. The molecule has 0 aromatic heterocycles. The summed E-state index contributed by atoms with van der Waals surface area (Å²) in [5, 5.41) is 11.5. The van der Waals surface area contributed by atoms with Crippen LogP contribution in [0.1, 0.15) is 26.7 Å². The zero-order valence-electron chi connectivity index (χ0n) is 9.56. The Labute approximate surface area is 94.7 Å². The number of hydrogen-bond donors (Lipinski definition) is 2. The molecule has 1 fully saturated rings. The number of carbonyl (C=O) groups excluding carboxylic acids is 1. The molecule has 0 radical (unpaired) electrons. The lowest BCUT2D eigenvalue weighted by molar-refractivity contribution is -0.146. The van der Waals surface area contributed by atoms with E-state index in [0.717, 1.165) is 12.8 Å². The van der Waals surface area contributed by atoms with Crippen LogP contribution in [0.5, 0.6) is 0 Å². The molecule has 2 aliphatic rings. The van der Waals surface area contributed by atoms with Crippen molar-refractivity contribution in [1.82, 2.24) is 5.32 Å². The van der Waals surface area contributed by atoms with E-state index in [1.165, 1.54) is 13.8 Å². The highest BCUT2D eigenvalue weighted by Crippen LogP contribution is 2.43. The van der Waals surface area contributed by atoms with Crippen LogP contribution >= 0.6 is 0 Å². The molecule has 3 atom stereocenters. The second-order valence-corrected chi connectivity index (χ2v) is 5.31. The van der Waals surface area contributed by atoms with Gasteiger partial charge in [-0.3, -0.25) is 4.79 Å². The Kier molecular flexibility index (Phi) is 2.52. The highest BCUT2D eigenvalue weighted by Gasteiger charge is 2.42. The summed E-state index contributed by atoms with van der Waals surface area (Å²) < 4.78 is 0. The number of carboxylic acids is 1. The Morgan fingerprint density at radius 1 is 1.31 bits per heavy atom. The highest BCUT2D eigenvalue weighted by molar-refractivity contribution is 5.88. The van der Waals surface area contributed by atoms with Gasteiger partial charge in [-0.2, -0.15) is 0 Å². The SMILES string of the molecule is CC(C)(NC(=O)C1CC2C=CC1C2)C(=O)O. The molecule has 0 aromatic carbocycles. The molecule has 0 saturated heterocycles. The van der Waals surface area contributed by atoms with E-state index in [-0.39, 0.29) is 11.8 Å². The quantitative estimate of drug-likeness (QED) is 0.706. The van der Waals surface area contributed by atoms with Gasteiger partial charge in [0.25, 0.3) is 0 Å². The molecule has 0 aromatic rings. The first-order valence-electron chi connectivity index (χ1n) is 5.64. The van der Waals surface area contributed by atoms with Gasteiger partial charge in [-0.25, -0.2) is 4.79 Å². The number of fused-ring (bicyclic) bond motifs is 2. The largest absolute Gasteiger partial charge is 0.480 e. The third kappa shape index (κ3) is 1.84. The molecule has 2 rings (SSSR count). The van der Waals surface area contributed by atoms with Crippen molar-refractivity contribution in [2.45, 2.75) is 32.2 Å². The molecule has 16 heavy (non-hydrogen) atoms. The molecule has 88 valence electrons. The van der Waals surface area contributed by atoms with Crippen LogP contribution in [0.3, 0.4) is 0 Å². The molecule has 2 bridgehead atoms. The Morgan fingerprint density at radius 2 is 2.00 bits per heavy atom. The van der Waals surface area contributed by atoms with Crippen LogP contribution in [0, 0.1) is 17.8 Å². The van der Waals surface area contributed by atoms with E-state index in [0.29, 0.717) is 11.8 Å². The highest BCUT2D eigenvalue weighted by atomic mass is 16.4. The van der Waals surface area contributed by atoms with Crippen molar-refractivity contribution in [2.75, 3.05) is 0 Å². The number of aliphatic carboxylic acids is 1. The lowest BCUT2D eigenvalue weighted by atomic mass is 9.91. The standard InChI is InChI=1S/C12H17NO3/c1-12(2,11(15)16)13-10(14)9-6-7-3-4-8(9)5-7/h3-4,7-9H,5-6H2,1-2H3,(H,13,14)(H,15,16). The number of nitrogens with one attached hydrogen (secondary N) is 1. The Hall–Kier alpha value is -1.32. The van der Waals surface area contributed by atoms with Crippen molar-refractivity contribution >= 4 is 11.9 Å². The van der Waals surface area contributed by atoms with E-state index in [2.05, 4.69) is 17.5 Å². The average Bonchev–Trinajstić information content (AvgIpc) is 2.77. The summed E-state index contributed by atoms with van der Waals surface area (Å²) in [5.74, 6) is -0.319. The van der Waals surface area contributed by atoms with Crippen molar-refractivity contribution in [1.29, 1.82) is 0 Å². The zero-order valence-corrected chi connectivity index (χ0v) is 9.56. The lowest BCUT2D eigenvalue weighted by Gasteiger charge is -2.25. The minimum atomic E-state index is -1.18. The molecule has 0 heterocycles. The van der Waals surface area contributed by atoms with Gasteiger partial charge in [0.05, 0.1) is 0 Å². The van der Waals surface area contributed by atoms with Gasteiger partial charge in [0.1, 0.15) is 5.54 Å². The third-order valence-corrected chi connectivity index (χ3v) is 3.59. The second kappa shape index (κ2) is 3.61. The average molecular weight is 223 g/mol. The Morgan fingerprint density at radius 3 is 2.44 bits per heavy atom. The molecule has 0 spiro atoms. The summed E-state index contributed by atoms with van der Waals surface area (Å²) >= 11 is 0. The first kappa shape index (κ1) is 11.2. The molecular weight excluding hydrogens is 206 g/mol. The van der Waals surface area contributed by atoms with Crippen LogP contribution in [-0.2, 0) is 9.59 Å². The zero-order chi connectivity index (χ0) is 11.9. The van der Waals surface area contributed by atoms with Gasteiger partial charge in [-0.05, 0) is 38.5 Å². The maximum absolute atomic E-state index is 11.9. The second-order valence-electron chi connectivity index (χ2n) is 5.31. The van der Waals surface area contributed by atoms with Gasteiger partial charge >= 0.3 is 5.97 Å². The Balaban J connectivity index is 1.99. The number of carboxylic acid groups (broad SMARTS) is 1. The maximum atomic E-state index is 11.9. The third-order valence-electron chi connectivity index (χ3n) is 3.59. The van der Waals surface area contributed by atoms with Gasteiger partial charge < -0.3 is 10.4 Å². The molecule has 2 N–H and O–H groups in total. The van der Waals surface area contributed by atoms with E-state index < -0.39 is 11.5 Å². The number of carbonyl (C=O) groups is 2. The van der Waals surface area contributed by atoms with Crippen LogP contribution in [0.25, 0.3) is 0 Å². The van der Waals surface area contributed by atoms with Crippen molar-refractivity contribution in [2.24, 2.45) is 17.8 Å². The first-order valence-corrected chi connectivity index (χ1v) is 5.64. The molecule has 4 heteroatoms. The van der Waals surface area contributed by atoms with E-state index in [1.54, 1.807) is 0 Å². The summed E-state index contributed by atoms with van der Waals surface area (Å²) in [6.07, 6.45) is 6.16. The van der Waals surface area contributed by atoms with Crippen molar-refractivity contribution in [3.8, 4) is 0 Å². The van der Waals surface area contributed by atoms with Crippen molar-refractivity contribution in [3.05, 3.63) is 12.2 Å². The van der Waals surface area contributed by atoms with E-state index >= 15 is 0 Å². The molecule has 0 aliphatic heterocycles. The number of hydrogen-bond acceptors (Lipinski definition) is 2.